The highest BCUT2D eigenvalue weighted by molar-refractivity contribution is 6.44. The first kappa shape index (κ1) is 18.4. The minimum Gasteiger partial charge on any atom is -0.367 e. The quantitative estimate of drug-likeness (QED) is 0.684. The maximum atomic E-state index is 12.9. The molecule has 0 saturated carbocycles. The van der Waals surface area contributed by atoms with Crippen LogP contribution in [-0.4, -0.2) is 59.3 Å². The molecule has 0 radical (unpaired) electrons. The number of benzene rings is 1. The van der Waals surface area contributed by atoms with Gasteiger partial charge in [0.15, 0.2) is 0 Å². The van der Waals surface area contributed by atoms with Crippen molar-refractivity contribution in [1.29, 1.82) is 0 Å². The van der Waals surface area contributed by atoms with Crippen molar-refractivity contribution in [3.63, 3.8) is 0 Å². The van der Waals surface area contributed by atoms with Crippen LogP contribution < -0.4 is 20.5 Å². The summed E-state index contributed by atoms with van der Waals surface area (Å²) in [6.07, 6.45) is 7.35. The van der Waals surface area contributed by atoms with Crippen molar-refractivity contribution in [3.8, 4) is 0 Å². The van der Waals surface area contributed by atoms with Gasteiger partial charge in [-0.1, -0.05) is 0 Å². The van der Waals surface area contributed by atoms with E-state index < -0.39 is 0 Å². The van der Waals surface area contributed by atoms with E-state index >= 15 is 0 Å². The highest BCUT2D eigenvalue weighted by atomic mass is 16.2. The van der Waals surface area contributed by atoms with Gasteiger partial charge in [-0.25, -0.2) is 9.97 Å². The molecule has 30 heavy (non-hydrogen) atoms. The first-order chi connectivity index (χ1) is 14.8. The molecule has 0 spiro atoms. The molecule has 0 bridgehead atoms. The van der Waals surface area contributed by atoms with E-state index in [1.165, 1.54) is 6.33 Å². The predicted octanol–water partition coefficient (Wildman–Crippen LogP) is 1.64. The number of amides is 1. The Kier molecular flexibility index (Phi) is 4.94. The number of hydrogen-bond donors (Lipinski definition) is 2. The first-order valence-electron chi connectivity index (χ1n) is 10.0. The number of hydrogen-bond acceptors (Lipinski definition) is 8. The number of piperazine rings is 1. The molecule has 1 amide bonds. The molecule has 2 aliphatic rings. The van der Waals surface area contributed by atoms with E-state index in [0.717, 1.165) is 48.5 Å². The number of aromatic nitrogens is 3. The van der Waals surface area contributed by atoms with Crippen LogP contribution in [0.15, 0.2) is 54.3 Å². The van der Waals surface area contributed by atoms with Gasteiger partial charge < -0.3 is 15.5 Å². The van der Waals surface area contributed by atoms with Crippen molar-refractivity contribution in [3.05, 3.63) is 49.2 Å². The molecule has 3 aromatic rings. The van der Waals surface area contributed by atoms with Crippen LogP contribution in [0.1, 0.15) is 6.42 Å². The lowest BCUT2D eigenvalue weighted by Gasteiger charge is -2.30. The second-order valence-corrected chi connectivity index (χ2v) is 7.27. The van der Waals surface area contributed by atoms with Crippen LogP contribution >= 0.6 is 0 Å². The second-order valence-electron chi connectivity index (χ2n) is 7.27. The Morgan fingerprint density at radius 1 is 1.07 bits per heavy atom. The summed E-state index contributed by atoms with van der Waals surface area (Å²) >= 11 is 0. The van der Waals surface area contributed by atoms with Crippen molar-refractivity contribution >= 4 is 39.6 Å². The topological polar surface area (TPSA) is 98.6 Å². The van der Waals surface area contributed by atoms with Crippen molar-refractivity contribution in [1.82, 2.24) is 20.3 Å². The summed E-state index contributed by atoms with van der Waals surface area (Å²) in [4.78, 5) is 27.7. The summed E-state index contributed by atoms with van der Waals surface area (Å²) in [7, 11) is 0. The number of anilines is 3. The van der Waals surface area contributed by atoms with Crippen LogP contribution in [0.4, 0.5) is 17.1 Å². The molecule has 4 heterocycles. The van der Waals surface area contributed by atoms with E-state index in [1.54, 1.807) is 18.6 Å². The number of fused-ring (bicyclic) bond motifs is 1. The van der Waals surface area contributed by atoms with Crippen molar-refractivity contribution < 1.29 is 4.79 Å². The van der Waals surface area contributed by atoms with Crippen LogP contribution in [0.25, 0.3) is 10.9 Å². The average molecular weight is 402 g/mol. The molecule has 0 aliphatic carbocycles. The normalized spacial score (nSPS) is 16.6. The fourth-order valence-electron chi connectivity index (χ4n) is 3.80. The molecule has 152 valence electrons. The Morgan fingerprint density at radius 3 is 2.87 bits per heavy atom. The molecular formula is C21H22N8O. The Balaban J connectivity index is 1.33. The van der Waals surface area contributed by atoms with Gasteiger partial charge in [0, 0.05) is 56.9 Å². The smallest absolute Gasteiger partial charge is 0.272 e. The zero-order valence-corrected chi connectivity index (χ0v) is 16.5. The van der Waals surface area contributed by atoms with Crippen molar-refractivity contribution in [2.45, 2.75) is 6.42 Å². The molecule has 2 N–H and O–H groups in total. The minimum atomic E-state index is -0.189. The lowest BCUT2D eigenvalue weighted by Crippen LogP contribution is -2.43. The zero-order valence-electron chi connectivity index (χ0n) is 16.5. The lowest BCUT2D eigenvalue weighted by molar-refractivity contribution is -0.110. The number of rotatable bonds is 4. The van der Waals surface area contributed by atoms with E-state index in [1.807, 2.05) is 29.3 Å². The monoisotopic (exact) mass is 402 g/mol. The Morgan fingerprint density at radius 2 is 1.97 bits per heavy atom. The fraction of sp³-hybridized carbons (Fsp3) is 0.286. The van der Waals surface area contributed by atoms with Gasteiger partial charge in [-0.2, -0.15) is 5.10 Å². The van der Waals surface area contributed by atoms with Crippen LogP contribution in [0.5, 0.6) is 0 Å². The number of carbonyl (C=O) groups is 1. The molecule has 1 aromatic carbocycles. The van der Waals surface area contributed by atoms with Crippen molar-refractivity contribution in [2.24, 2.45) is 5.10 Å². The van der Waals surface area contributed by atoms with Gasteiger partial charge in [-0.05, 0) is 24.3 Å². The summed E-state index contributed by atoms with van der Waals surface area (Å²) in [6.45, 7) is 4.29. The average Bonchev–Trinajstić information content (AvgIpc) is 3.30. The summed E-state index contributed by atoms with van der Waals surface area (Å²) in [6, 6.07) is 7.84. The lowest BCUT2D eigenvalue weighted by atomic mass is 10.2. The molecule has 2 aromatic heterocycles. The zero-order chi connectivity index (χ0) is 20.3. The van der Waals surface area contributed by atoms with E-state index in [-0.39, 0.29) is 5.91 Å². The highest BCUT2D eigenvalue weighted by Crippen LogP contribution is 2.26. The largest absolute Gasteiger partial charge is 0.367 e. The van der Waals surface area contributed by atoms with Gasteiger partial charge in [-0.3, -0.25) is 14.8 Å². The van der Waals surface area contributed by atoms with Crippen LogP contribution in [0.3, 0.4) is 0 Å². The predicted molar refractivity (Wildman–Crippen MR) is 117 cm³/mol. The van der Waals surface area contributed by atoms with Gasteiger partial charge in [0.25, 0.3) is 5.91 Å². The van der Waals surface area contributed by atoms with E-state index in [4.69, 9.17) is 0 Å². The summed E-state index contributed by atoms with van der Waals surface area (Å²) < 4.78 is 0. The Hall–Kier alpha value is -3.59. The molecule has 0 atom stereocenters. The SMILES string of the molecule is O=C(Nc1cnccc1N1CCNCC1)C1=NN(c2ccc3ncncc3c2)CC1. The molecule has 5 rings (SSSR count). The van der Waals surface area contributed by atoms with Crippen LogP contribution in [-0.2, 0) is 4.79 Å². The molecule has 9 heteroatoms. The van der Waals surface area contributed by atoms with Gasteiger partial charge >= 0.3 is 0 Å². The summed E-state index contributed by atoms with van der Waals surface area (Å²) in [5, 5.41) is 13.7. The molecule has 9 nitrogen and oxygen atoms in total. The Bertz CT molecular complexity index is 1110. The van der Waals surface area contributed by atoms with Gasteiger partial charge in [0.1, 0.15) is 12.0 Å². The number of pyridine rings is 1. The molecule has 1 saturated heterocycles. The van der Waals surface area contributed by atoms with Gasteiger partial charge in [0.2, 0.25) is 0 Å². The number of nitrogens with zero attached hydrogens (tertiary/aromatic N) is 6. The maximum absolute atomic E-state index is 12.9. The highest BCUT2D eigenvalue weighted by Gasteiger charge is 2.23. The van der Waals surface area contributed by atoms with E-state index in [0.29, 0.717) is 24.4 Å². The van der Waals surface area contributed by atoms with Gasteiger partial charge in [0.05, 0.1) is 28.8 Å². The Labute approximate surface area is 173 Å². The third kappa shape index (κ3) is 3.67. The summed E-state index contributed by atoms with van der Waals surface area (Å²) in [5.74, 6) is -0.189. The minimum absolute atomic E-state index is 0.189. The first-order valence-corrected chi connectivity index (χ1v) is 10.0. The summed E-state index contributed by atoms with van der Waals surface area (Å²) in [5.41, 5.74) is 4.02. The van der Waals surface area contributed by atoms with Crippen LogP contribution in [0, 0.1) is 0 Å². The second kappa shape index (κ2) is 8.03. The van der Waals surface area contributed by atoms with Crippen LogP contribution in [0.2, 0.25) is 0 Å². The number of carbonyl (C=O) groups excluding carboxylic acids is 1. The van der Waals surface area contributed by atoms with E-state index in [9.17, 15) is 4.79 Å². The molecule has 0 unspecified atom stereocenters. The third-order valence-corrected chi connectivity index (χ3v) is 5.35. The number of nitrogens with one attached hydrogen (secondary N) is 2. The fourth-order valence-corrected chi connectivity index (χ4v) is 3.80. The maximum Gasteiger partial charge on any atom is 0.272 e. The van der Waals surface area contributed by atoms with Crippen molar-refractivity contribution in [2.75, 3.05) is 47.9 Å². The van der Waals surface area contributed by atoms with E-state index in [2.05, 4.69) is 35.6 Å². The standard InChI is InChI=1S/C21H22N8O/c30-21(26-19-13-23-5-3-20(19)28-9-6-22-7-10-28)18-4-8-29(27-18)16-1-2-17-15(11-16)12-24-14-25-17/h1-3,5,11-14,22H,4,6-10H2,(H,26,30). The third-order valence-electron chi connectivity index (χ3n) is 5.35. The molecular weight excluding hydrogens is 380 g/mol. The van der Waals surface area contributed by atoms with Gasteiger partial charge in [-0.15, -0.1) is 0 Å². The molecule has 2 aliphatic heterocycles. The molecule has 1 fully saturated rings. The number of hydrazone groups is 1.